The van der Waals surface area contributed by atoms with Crippen molar-refractivity contribution in [3.63, 3.8) is 0 Å². The van der Waals surface area contributed by atoms with Crippen molar-refractivity contribution in [2.24, 2.45) is 0 Å². The Balaban J connectivity index is 1.88. The molecule has 7 nitrogen and oxygen atoms in total. The lowest BCUT2D eigenvalue weighted by Gasteiger charge is -2.13. The first-order valence-electron chi connectivity index (χ1n) is 9.92. The Morgan fingerprint density at radius 3 is 2.18 bits per heavy atom. The molecule has 0 aliphatic rings. The molecule has 0 aliphatic heterocycles. The molecular formula is C24H23ClN2O5S. The minimum absolute atomic E-state index is 0.0141. The van der Waals surface area contributed by atoms with Gasteiger partial charge in [-0.2, -0.15) is 0 Å². The largest absolute Gasteiger partial charge is 0.465 e. The van der Waals surface area contributed by atoms with E-state index in [-0.39, 0.29) is 21.0 Å². The summed E-state index contributed by atoms with van der Waals surface area (Å²) in [4.78, 5) is 24.6. The lowest BCUT2D eigenvalue weighted by Crippen LogP contribution is -2.17. The van der Waals surface area contributed by atoms with E-state index >= 15 is 0 Å². The second kappa shape index (κ2) is 9.64. The molecular weight excluding hydrogens is 464 g/mol. The second-order valence-electron chi connectivity index (χ2n) is 7.53. The fourth-order valence-corrected chi connectivity index (χ4v) is 4.63. The highest BCUT2D eigenvalue weighted by Crippen LogP contribution is 2.24. The van der Waals surface area contributed by atoms with Crippen molar-refractivity contribution in [2.75, 3.05) is 17.1 Å². The van der Waals surface area contributed by atoms with Crippen molar-refractivity contribution in [1.82, 2.24) is 0 Å². The zero-order valence-corrected chi connectivity index (χ0v) is 20.1. The molecule has 0 aliphatic carbocycles. The smallest absolute Gasteiger partial charge is 0.339 e. The summed E-state index contributed by atoms with van der Waals surface area (Å²) in [6.45, 7) is 5.48. The molecule has 1 amide bonds. The number of carbonyl (C=O) groups excluding carboxylic acids is 2. The van der Waals surface area contributed by atoms with E-state index in [2.05, 4.69) is 14.8 Å². The van der Waals surface area contributed by atoms with E-state index in [1.54, 1.807) is 25.1 Å². The average molecular weight is 487 g/mol. The van der Waals surface area contributed by atoms with Crippen LogP contribution in [-0.2, 0) is 14.8 Å². The van der Waals surface area contributed by atoms with Crippen LogP contribution >= 0.6 is 11.6 Å². The van der Waals surface area contributed by atoms with Crippen molar-refractivity contribution in [3.8, 4) is 0 Å². The molecule has 0 radical (unpaired) electrons. The number of carbonyl (C=O) groups is 2. The van der Waals surface area contributed by atoms with Crippen LogP contribution in [0.1, 0.15) is 37.4 Å². The number of amides is 1. The maximum absolute atomic E-state index is 13.0. The summed E-state index contributed by atoms with van der Waals surface area (Å²) in [5, 5.41) is 2.83. The summed E-state index contributed by atoms with van der Waals surface area (Å²) in [7, 11) is -2.71. The van der Waals surface area contributed by atoms with Gasteiger partial charge in [0.1, 0.15) is 0 Å². The van der Waals surface area contributed by atoms with Crippen molar-refractivity contribution < 1.29 is 22.7 Å². The predicted octanol–water partition coefficient (Wildman–Crippen LogP) is 5.10. The van der Waals surface area contributed by atoms with E-state index in [4.69, 9.17) is 11.6 Å². The highest BCUT2D eigenvalue weighted by molar-refractivity contribution is 7.92. The Hall–Kier alpha value is -3.36. The molecule has 0 aromatic heterocycles. The quantitative estimate of drug-likeness (QED) is 0.472. The third-order valence-electron chi connectivity index (χ3n) is 5.13. The first-order chi connectivity index (χ1) is 15.5. The molecule has 0 unspecified atom stereocenters. The number of esters is 1. The molecule has 0 bridgehead atoms. The van der Waals surface area contributed by atoms with Crippen LogP contribution in [0.2, 0.25) is 5.02 Å². The van der Waals surface area contributed by atoms with Crippen LogP contribution in [0.4, 0.5) is 11.4 Å². The topological polar surface area (TPSA) is 102 Å². The number of methoxy groups -OCH3 is 1. The molecule has 3 aromatic carbocycles. The molecule has 0 saturated heterocycles. The van der Waals surface area contributed by atoms with Gasteiger partial charge in [-0.15, -0.1) is 0 Å². The van der Waals surface area contributed by atoms with Gasteiger partial charge < -0.3 is 10.1 Å². The van der Waals surface area contributed by atoms with Gasteiger partial charge in [0.25, 0.3) is 15.9 Å². The fraction of sp³-hybridized carbons (Fsp3) is 0.167. The second-order valence-corrected chi connectivity index (χ2v) is 9.58. The van der Waals surface area contributed by atoms with Crippen molar-refractivity contribution in [2.45, 2.75) is 25.7 Å². The number of anilines is 2. The van der Waals surface area contributed by atoms with Gasteiger partial charge in [0.15, 0.2) is 0 Å². The number of sulfonamides is 1. The first kappa shape index (κ1) is 24.3. The van der Waals surface area contributed by atoms with E-state index in [1.807, 2.05) is 19.9 Å². The molecule has 0 heterocycles. The Labute approximate surface area is 197 Å². The first-order valence-corrected chi connectivity index (χ1v) is 11.8. The van der Waals surface area contributed by atoms with Gasteiger partial charge in [-0.3, -0.25) is 9.52 Å². The van der Waals surface area contributed by atoms with Crippen LogP contribution in [0.5, 0.6) is 0 Å². The molecule has 172 valence electrons. The molecule has 2 N–H and O–H groups in total. The van der Waals surface area contributed by atoms with Gasteiger partial charge in [0.05, 0.1) is 22.6 Å². The molecule has 0 atom stereocenters. The van der Waals surface area contributed by atoms with Crippen LogP contribution in [0.15, 0.2) is 59.5 Å². The number of benzene rings is 3. The molecule has 0 spiro atoms. The van der Waals surface area contributed by atoms with E-state index in [0.717, 1.165) is 11.1 Å². The summed E-state index contributed by atoms with van der Waals surface area (Å²) in [5.41, 5.74) is 3.46. The van der Waals surface area contributed by atoms with Gasteiger partial charge in [0, 0.05) is 16.9 Å². The van der Waals surface area contributed by atoms with E-state index in [0.29, 0.717) is 16.9 Å². The Morgan fingerprint density at radius 1 is 0.848 bits per heavy atom. The van der Waals surface area contributed by atoms with Crippen LogP contribution < -0.4 is 10.0 Å². The van der Waals surface area contributed by atoms with E-state index < -0.39 is 21.9 Å². The molecule has 3 rings (SSSR count). The Bertz CT molecular complexity index is 1350. The third-order valence-corrected chi connectivity index (χ3v) is 6.98. The average Bonchev–Trinajstić information content (AvgIpc) is 2.77. The van der Waals surface area contributed by atoms with Crippen LogP contribution in [0.25, 0.3) is 0 Å². The maximum Gasteiger partial charge on any atom is 0.339 e. The van der Waals surface area contributed by atoms with E-state index in [9.17, 15) is 18.0 Å². The van der Waals surface area contributed by atoms with Crippen LogP contribution in [0, 0.1) is 20.8 Å². The zero-order chi connectivity index (χ0) is 24.3. The number of ether oxygens (including phenoxy) is 1. The maximum atomic E-state index is 13.0. The van der Waals surface area contributed by atoms with Gasteiger partial charge in [0.2, 0.25) is 0 Å². The number of nitrogens with one attached hydrogen (secondary N) is 2. The number of hydrogen-bond acceptors (Lipinski definition) is 5. The lowest BCUT2D eigenvalue weighted by atomic mass is 10.1. The third kappa shape index (κ3) is 5.53. The Morgan fingerprint density at radius 2 is 1.52 bits per heavy atom. The summed E-state index contributed by atoms with van der Waals surface area (Å²) in [6.07, 6.45) is 0. The fourth-order valence-electron chi connectivity index (χ4n) is 3.12. The Kier molecular flexibility index (Phi) is 7.09. The SMILES string of the molecule is COC(=O)c1cc(NC(=O)c2ccc(C)c(S(=O)(=O)Nc3ccc(C)c(C)c3)c2)ccc1Cl. The summed E-state index contributed by atoms with van der Waals surface area (Å²) in [5.74, 6) is -1.19. The van der Waals surface area contributed by atoms with Crippen molar-refractivity contribution in [1.29, 1.82) is 0 Å². The van der Waals surface area contributed by atoms with Gasteiger partial charge in [-0.25, -0.2) is 13.2 Å². The minimum atomic E-state index is -3.94. The summed E-state index contributed by atoms with van der Waals surface area (Å²) in [6, 6.07) is 14.0. The highest BCUT2D eigenvalue weighted by atomic mass is 35.5. The molecule has 0 fully saturated rings. The summed E-state index contributed by atoms with van der Waals surface area (Å²) < 4.78 is 33.3. The summed E-state index contributed by atoms with van der Waals surface area (Å²) >= 11 is 6.01. The molecule has 3 aromatic rings. The predicted molar refractivity (Wildman–Crippen MR) is 129 cm³/mol. The normalized spacial score (nSPS) is 11.1. The minimum Gasteiger partial charge on any atom is -0.465 e. The highest BCUT2D eigenvalue weighted by Gasteiger charge is 2.20. The zero-order valence-electron chi connectivity index (χ0n) is 18.5. The number of halogens is 1. The lowest BCUT2D eigenvalue weighted by molar-refractivity contribution is 0.0600. The number of aryl methyl sites for hydroxylation is 3. The van der Waals surface area contributed by atoms with Crippen molar-refractivity contribution in [3.05, 3.63) is 87.4 Å². The monoisotopic (exact) mass is 486 g/mol. The molecule has 9 heteroatoms. The molecule has 33 heavy (non-hydrogen) atoms. The van der Waals surface area contributed by atoms with Crippen LogP contribution in [-0.4, -0.2) is 27.4 Å². The van der Waals surface area contributed by atoms with Gasteiger partial charge >= 0.3 is 5.97 Å². The van der Waals surface area contributed by atoms with Gasteiger partial charge in [-0.05, 0) is 79.9 Å². The number of hydrogen-bond donors (Lipinski definition) is 2. The molecule has 0 saturated carbocycles. The standard InChI is InChI=1S/C24H23ClN2O5S/c1-14-6-8-19(11-16(14)3)27-33(30,31)22-12-17(7-5-15(22)2)23(28)26-18-9-10-21(25)20(13-18)24(29)32-4/h5-13,27H,1-4H3,(H,26,28). The van der Waals surface area contributed by atoms with Gasteiger partial charge in [-0.1, -0.05) is 23.7 Å². The van der Waals surface area contributed by atoms with Crippen LogP contribution in [0.3, 0.4) is 0 Å². The van der Waals surface area contributed by atoms with Crippen molar-refractivity contribution >= 4 is 44.9 Å². The number of rotatable bonds is 6. The van der Waals surface area contributed by atoms with E-state index in [1.165, 1.54) is 37.4 Å².